The lowest BCUT2D eigenvalue weighted by Crippen LogP contribution is -2.45. The molecule has 0 bridgehead atoms. The first-order valence-electron chi connectivity index (χ1n) is 4.10. The average molecular weight is 167 g/mol. The SMILES string of the molecule is CN(C)[Si](C)(C)C1=CCC=C1. The third-order valence-electron chi connectivity index (χ3n) is 2.60. The lowest BCUT2D eigenvalue weighted by molar-refractivity contribution is 0.630. The van der Waals surface area contributed by atoms with Crippen LogP contribution in [0.15, 0.2) is 23.4 Å². The second-order valence-corrected chi connectivity index (χ2v) is 8.34. The van der Waals surface area contributed by atoms with Gasteiger partial charge in [-0.15, -0.1) is 0 Å². The van der Waals surface area contributed by atoms with Crippen molar-refractivity contribution < 1.29 is 0 Å². The third-order valence-corrected chi connectivity index (χ3v) is 6.62. The Hall–Kier alpha value is -0.343. The van der Waals surface area contributed by atoms with Crippen LogP contribution in [0, 0.1) is 0 Å². The molecule has 1 nitrogen and oxygen atoms in total. The zero-order chi connectivity index (χ0) is 8.48. The van der Waals surface area contributed by atoms with Crippen molar-refractivity contribution in [2.45, 2.75) is 19.5 Å². The molecule has 0 N–H and O–H groups in total. The number of hydrogen-bond acceptors (Lipinski definition) is 1. The Morgan fingerprint density at radius 2 is 2.00 bits per heavy atom. The Bertz CT molecular complexity index is 202. The summed E-state index contributed by atoms with van der Waals surface area (Å²) >= 11 is 0. The summed E-state index contributed by atoms with van der Waals surface area (Å²) in [4.78, 5) is 0. The van der Waals surface area contributed by atoms with Crippen molar-refractivity contribution in [2.75, 3.05) is 14.1 Å². The highest BCUT2D eigenvalue weighted by Crippen LogP contribution is 2.22. The molecular weight excluding hydrogens is 150 g/mol. The summed E-state index contributed by atoms with van der Waals surface area (Å²) in [5.74, 6) is 0. The molecule has 0 atom stereocenters. The van der Waals surface area contributed by atoms with Gasteiger partial charge in [-0.25, -0.2) is 0 Å². The predicted octanol–water partition coefficient (Wildman–Crippen LogP) is 2.18. The van der Waals surface area contributed by atoms with Gasteiger partial charge in [-0.2, -0.15) is 0 Å². The van der Waals surface area contributed by atoms with E-state index in [-0.39, 0.29) is 0 Å². The predicted molar refractivity (Wildman–Crippen MR) is 53.0 cm³/mol. The number of nitrogens with zero attached hydrogens (tertiary/aromatic N) is 1. The molecule has 2 heteroatoms. The highest BCUT2D eigenvalue weighted by Gasteiger charge is 2.27. The summed E-state index contributed by atoms with van der Waals surface area (Å²) in [6.07, 6.45) is 8.02. The molecule has 0 fully saturated rings. The summed E-state index contributed by atoms with van der Waals surface area (Å²) in [5.41, 5.74) is 0. The Kier molecular flexibility index (Phi) is 2.35. The first-order chi connectivity index (χ1) is 5.05. The van der Waals surface area contributed by atoms with Gasteiger partial charge in [0.15, 0.2) is 8.24 Å². The molecule has 1 aliphatic rings. The molecule has 0 aromatic rings. The van der Waals surface area contributed by atoms with Crippen molar-refractivity contribution in [3.63, 3.8) is 0 Å². The average Bonchev–Trinajstić information content (AvgIpc) is 2.37. The molecular formula is C9H17NSi. The van der Waals surface area contributed by atoms with Gasteiger partial charge in [0.2, 0.25) is 0 Å². The lowest BCUT2D eigenvalue weighted by Gasteiger charge is -2.30. The van der Waals surface area contributed by atoms with Gasteiger partial charge >= 0.3 is 0 Å². The van der Waals surface area contributed by atoms with E-state index >= 15 is 0 Å². The van der Waals surface area contributed by atoms with E-state index in [1.54, 1.807) is 5.20 Å². The molecule has 0 unspecified atom stereocenters. The number of rotatable bonds is 2. The number of hydrogen-bond donors (Lipinski definition) is 0. The fourth-order valence-corrected chi connectivity index (χ4v) is 2.83. The highest BCUT2D eigenvalue weighted by atomic mass is 28.3. The van der Waals surface area contributed by atoms with Crippen LogP contribution >= 0.6 is 0 Å². The summed E-state index contributed by atoms with van der Waals surface area (Å²) in [6.45, 7) is 4.77. The van der Waals surface area contributed by atoms with Crippen LogP contribution in [-0.4, -0.2) is 26.9 Å². The molecule has 0 saturated heterocycles. The Morgan fingerprint density at radius 3 is 2.36 bits per heavy atom. The molecule has 0 aromatic heterocycles. The summed E-state index contributed by atoms with van der Waals surface area (Å²) in [5, 5.41) is 1.57. The maximum absolute atomic E-state index is 2.38. The molecule has 1 rings (SSSR count). The molecule has 0 amide bonds. The quantitative estimate of drug-likeness (QED) is 0.570. The smallest absolute Gasteiger partial charge is 0.153 e. The molecule has 0 aliphatic heterocycles. The normalized spacial score (nSPS) is 17.7. The van der Waals surface area contributed by atoms with Crippen molar-refractivity contribution in [1.82, 2.24) is 4.57 Å². The lowest BCUT2D eigenvalue weighted by atomic mass is 10.5. The minimum absolute atomic E-state index is 1.14. The van der Waals surface area contributed by atoms with E-state index in [9.17, 15) is 0 Å². The van der Waals surface area contributed by atoms with Crippen LogP contribution in [0.2, 0.25) is 13.1 Å². The molecule has 0 saturated carbocycles. The first-order valence-corrected chi connectivity index (χ1v) is 7.04. The van der Waals surface area contributed by atoms with Gasteiger partial charge in [-0.1, -0.05) is 31.3 Å². The Labute approximate surface area is 70.5 Å². The maximum atomic E-state index is 2.38. The van der Waals surface area contributed by atoms with E-state index in [2.05, 4.69) is 50.0 Å². The van der Waals surface area contributed by atoms with Crippen molar-refractivity contribution in [1.29, 1.82) is 0 Å². The van der Waals surface area contributed by atoms with Crippen molar-refractivity contribution in [3.05, 3.63) is 23.4 Å². The zero-order valence-corrected chi connectivity index (χ0v) is 8.89. The maximum Gasteiger partial charge on any atom is 0.153 e. The van der Waals surface area contributed by atoms with E-state index in [0.29, 0.717) is 0 Å². The largest absolute Gasteiger partial charge is 0.326 e. The molecule has 62 valence electrons. The van der Waals surface area contributed by atoms with Crippen LogP contribution in [-0.2, 0) is 0 Å². The van der Waals surface area contributed by atoms with E-state index in [1.165, 1.54) is 0 Å². The molecule has 0 radical (unpaired) electrons. The fourth-order valence-electron chi connectivity index (χ4n) is 1.17. The second-order valence-electron chi connectivity index (χ2n) is 3.75. The third kappa shape index (κ3) is 1.63. The van der Waals surface area contributed by atoms with Gasteiger partial charge < -0.3 is 4.57 Å². The van der Waals surface area contributed by atoms with Crippen LogP contribution in [0.1, 0.15) is 6.42 Å². The van der Waals surface area contributed by atoms with Gasteiger partial charge in [-0.05, 0) is 25.7 Å². The van der Waals surface area contributed by atoms with Gasteiger partial charge in [0, 0.05) is 0 Å². The van der Waals surface area contributed by atoms with Gasteiger partial charge in [0.25, 0.3) is 0 Å². The Balaban J connectivity index is 2.79. The van der Waals surface area contributed by atoms with Crippen LogP contribution in [0.3, 0.4) is 0 Å². The van der Waals surface area contributed by atoms with Gasteiger partial charge in [-0.3, -0.25) is 0 Å². The number of allylic oxidation sites excluding steroid dienone is 4. The molecule has 11 heavy (non-hydrogen) atoms. The Morgan fingerprint density at radius 1 is 1.36 bits per heavy atom. The standard InChI is InChI=1S/C9H17NSi/c1-10(2)11(3,4)9-7-5-6-8-9/h5,7-8H,6H2,1-4H3. The summed E-state index contributed by atoms with van der Waals surface area (Å²) in [7, 11) is 3.12. The van der Waals surface area contributed by atoms with Crippen molar-refractivity contribution in [2.24, 2.45) is 0 Å². The first kappa shape index (κ1) is 8.75. The monoisotopic (exact) mass is 167 g/mol. The second kappa shape index (κ2) is 2.95. The van der Waals surface area contributed by atoms with Gasteiger partial charge in [0.05, 0.1) is 0 Å². The van der Waals surface area contributed by atoms with Crippen molar-refractivity contribution >= 4 is 8.24 Å². The fraction of sp³-hybridized carbons (Fsp3) is 0.556. The minimum atomic E-state index is -1.24. The van der Waals surface area contributed by atoms with E-state index in [1.807, 2.05) is 0 Å². The highest BCUT2D eigenvalue weighted by molar-refractivity contribution is 6.82. The topological polar surface area (TPSA) is 3.24 Å². The molecule has 0 aromatic carbocycles. The van der Waals surface area contributed by atoms with E-state index < -0.39 is 8.24 Å². The minimum Gasteiger partial charge on any atom is -0.326 e. The summed E-state index contributed by atoms with van der Waals surface area (Å²) in [6, 6.07) is 0. The van der Waals surface area contributed by atoms with E-state index in [4.69, 9.17) is 0 Å². The van der Waals surface area contributed by atoms with Crippen molar-refractivity contribution in [3.8, 4) is 0 Å². The molecule has 0 spiro atoms. The molecule has 0 heterocycles. The van der Waals surface area contributed by atoms with Gasteiger partial charge in [0.1, 0.15) is 0 Å². The van der Waals surface area contributed by atoms with Crippen LogP contribution < -0.4 is 0 Å². The van der Waals surface area contributed by atoms with Crippen LogP contribution in [0.25, 0.3) is 0 Å². The van der Waals surface area contributed by atoms with E-state index in [0.717, 1.165) is 6.42 Å². The summed E-state index contributed by atoms with van der Waals surface area (Å²) < 4.78 is 2.38. The van der Waals surface area contributed by atoms with Crippen LogP contribution in [0.4, 0.5) is 0 Å². The van der Waals surface area contributed by atoms with Crippen LogP contribution in [0.5, 0.6) is 0 Å². The molecule has 1 aliphatic carbocycles. The zero-order valence-electron chi connectivity index (χ0n) is 7.89.